The SMILES string of the molecule is CCCC(CCCCC(=O)O)N=C=O. The van der Waals surface area contributed by atoms with Crippen LogP contribution < -0.4 is 0 Å². The van der Waals surface area contributed by atoms with Gasteiger partial charge in [0, 0.05) is 6.42 Å². The van der Waals surface area contributed by atoms with Gasteiger partial charge in [-0.05, 0) is 19.3 Å². The van der Waals surface area contributed by atoms with E-state index in [0.29, 0.717) is 6.42 Å². The lowest BCUT2D eigenvalue weighted by Crippen LogP contribution is -2.04. The second-order valence-electron chi connectivity index (χ2n) is 3.30. The molecule has 0 fully saturated rings. The molecule has 0 heterocycles. The summed E-state index contributed by atoms with van der Waals surface area (Å²) in [5.41, 5.74) is 0. The van der Waals surface area contributed by atoms with Crippen molar-refractivity contribution < 1.29 is 14.7 Å². The van der Waals surface area contributed by atoms with Crippen molar-refractivity contribution in [1.29, 1.82) is 0 Å². The van der Waals surface area contributed by atoms with Gasteiger partial charge in [-0.25, -0.2) is 9.79 Å². The van der Waals surface area contributed by atoms with Crippen LogP contribution in [-0.4, -0.2) is 23.2 Å². The van der Waals surface area contributed by atoms with Crippen LogP contribution in [0.15, 0.2) is 4.99 Å². The van der Waals surface area contributed by atoms with Gasteiger partial charge in [-0.3, -0.25) is 4.79 Å². The molecule has 0 saturated heterocycles. The van der Waals surface area contributed by atoms with E-state index in [1.165, 1.54) is 0 Å². The average Bonchev–Trinajstić information content (AvgIpc) is 2.12. The largest absolute Gasteiger partial charge is 0.481 e. The van der Waals surface area contributed by atoms with E-state index in [1.807, 2.05) is 6.92 Å². The molecule has 0 saturated carbocycles. The highest BCUT2D eigenvalue weighted by Crippen LogP contribution is 2.11. The molecule has 4 nitrogen and oxygen atoms in total. The van der Waals surface area contributed by atoms with Crippen LogP contribution in [0.2, 0.25) is 0 Å². The van der Waals surface area contributed by atoms with E-state index in [9.17, 15) is 9.59 Å². The standard InChI is InChI=1S/C10H17NO3/c1-2-5-9(11-8-12)6-3-4-7-10(13)14/h9H,2-7H2,1H3,(H,13,14). The number of carboxylic acids is 1. The van der Waals surface area contributed by atoms with Crippen LogP contribution >= 0.6 is 0 Å². The molecule has 0 amide bonds. The number of carbonyl (C=O) groups excluding carboxylic acids is 1. The summed E-state index contributed by atoms with van der Waals surface area (Å²) in [5.74, 6) is -0.768. The van der Waals surface area contributed by atoms with Crippen LogP contribution in [0.25, 0.3) is 0 Å². The van der Waals surface area contributed by atoms with Gasteiger partial charge in [0.05, 0.1) is 6.04 Å². The van der Waals surface area contributed by atoms with E-state index in [2.05, 4.69) is 4.99 Å². The molecule has 0 bridgehead atoms. The predicted octanol–water partition coefficient (Wildman–Crippen LogP) is 2.14. The number of carbonyl (C=O) groups is 1. The molecule has 14 heavy (non-hydrogen) atoms. The number of isocyanates is 1. The summed E-state index contributed by atoms with van der Waals surface area (Å²) in [7, 11) is 0. The summed E-state index contributed by atoms with van der Waals surface area (Å²) in [6.07, 6.45) is 5.87. The van der Waals surface area contributed by atoms with Crippen molar-refractivity contribution in [3.8, 4) is 0 Å². The molecule has 0 spiro atoms. The van der Waals surface area contributed by atoms with Crippen LogP contribution in [0.3, 0.4) is 0 Å². The van der Waals surface area contributed by atoms with Crippen LogP contribution in [0, 0.1) is 0 Å². The highest BCUT2D eigenvalue weighted by atomic mass is 16.4. The van der Waals surface area contributed by atoms with Gasteiger partial charge < -0.3 is 5.11 Å². The van der Waals surface area contributed by atoms with Crippen molar-refractivity contribution in [3.63, 3.8) is 0 Å². The number of carboxylic acid groups (broad SMARTS) is 1. The molecule has 0 aliphatic rings. The Balaban J connectivity index is 3.60. The topological polar surface area (TPSA) is 66.7 Å². The Morgan fingerprint density at radius 1 is 1.43 bits per heavy atom. The molecule has 0 aromatic carbocycles. The fourth-order valence-corrected chi connectivity index (χ4v) is 1.34. The third-order valence-corrected chi connectivity index (χ3v) is 2.04. The zero-order valence-electron chi connectivity index (χ0n) is 8.53. The molecule has 0 rings (SSSR count). The molecule has 0 aliphatic carbocycles. The zero-order chi connectivity index (χ0) is 10.8. The van der Waals surface area contributed by atoms with Crippen LogP contribution in [0.1, 0.15) is 45.4 Å². The summed E-state index contributed by atoms with van der Waals surface area (Å²) in [5, 5.41) is 8.40. The number of aliphatic carboxylic acids is 1. The van der Waals surface area contributed by atoms with E-state index in [0.717, 1.165) is 25.7 Å². The summed E-state index contributed by atoms with van der Waals surface area (Å²) in [6, 6.07) is 0.0336. The van der Waals surface area contributed by atoms with Gasteiger partial charge in [-0.15, -0.1) is 0 Å². The van der Waals surface area contributed by atoms with Crippen molar-refractivity contribution in [2.45, 2.75) is 51.5 Å². The molecule has 1 atom stereocenters. The highest BCUT2D eigenvalue weighted by molar-refractivity contribution is 5.66. The predicted molar refractivity (Wildman–Crippen MR) is 52.9 cm³/mol. The fourth-order valence-electron chi connectivity index (χ4n) is 1.34. The number of aliphatic imine (C=N–C) groups is 1. The first-order chi connectivity index (χ1) is 6.70. The third-order valence-electron chi connectivity index (χ3n) is 2.04. The molecular weight excluding hydrogens is 182 g/mol. The maximum atomic E-state index is 10.2. The smallest absolute Gasteiger partial charge is 0.303 e. The van der Waals surface area contributed by atoms with E-state index < -0.39 is 5.97 Å². The van der Waals surface area contributed by atoms with Crippen molar-refractivity contribution in [3.05, 3.63) is 0 Å². The number of hydrogen-bond acceptors (Lipinski definition) is 3. The number of rotatable bonds is 8. The normalized spacial score (nSPS) is 11.8. The minimum Gasteiger partial charge on any atom is -0.481 e. The van der Waals surface area contributed by atoms with Crippen LogP contribution in [0.5, 0.6) is 0 Å². The summed E-state index contributed by atoms with van der Waals surface area (Å²) < 4.78 is 0. The van der Waals surface area contributed by atoms with E-state index >= 15 is 0 Å². The first kappa shape index (κ1) is 12.8. The van der Waals surface area contributed by atoms with Gasteiger partial charge >= 0.3 is 5.97 Å². The van der Waals surface area contributed by atoms with Crippen molar-refractivity contribution in [2.75, 3.05) is 0 Å². The van der Waals surface area contributed by atoms with E-state index in [4.69, 9.17) is 5.11 Å². The van der Waals surface area contributed by atoms with Crippen molar-refractivity contribution in [1.82, 2.24) is 0 Å². The van der Waals surface area contributed by atoms with Gasteiger partial charge in [-0.1, -0.05) is 19.8 Å². The molecule has 80 valence electrons. The minimum absolute atomic E-state index is 0.0336. The maximum absolute atomic E-state index is 10.2. The van der Waals surface area contributed by atoms with Gasteiger partial charge in [-0.2, -0.15) is 0 Å². The lowest BCUT2D eigenvalue weighted by atomic mass is 10.0. The highest BCUT2D eigenvalue weighted by Gasteiger charge is 2.05. The Hall–Kier alpha value is -1.15. The van der Waals surface area contributed by atoms with Crippen molar-refractivity contribution >= 4 is 12.0 Å². The minimum atomic E-state index is -0.768. The molecule has 1 unspecified atom stereocenters. The lowest BCUT2D eigenvalue weighted by Gasteiger charge is -2.07. The third kappa shape index (κ3) is 7.50. The van der Waals surface area contributed by atoms with Gasteiger partial charge in [0.25, 0.3) is 0 Å². The zero-order valence-corrected chi connectivity index (χ0v) is 8.53. The Bertz CT molecular complexity index is 209. The summed E-state index contributed by atoms with van der Waals surface area (Å²) in [6.45, 7) is 2.03. The second kappa shape index (κ2) is 8.45. The van der Waals surface area contributed by atoms with E-state index in [-0.39, 0.29) is 12.5 Å². The summed E-state index contributed by atoms with van der Waals surface area (Å²) in [4.78, 5) is 23.9. The second-order valence-corrected chi connectivity index (χ2v) is 3.30. The van der Waals surface area contributed by atoms with Gasteiger partial charge in [0.1, 0.15) is 0 Å². The molecule has 0 aliphatic heterocycles. The first-order valence-electron chi connectivity index (χ1n) is 4.99. The van der Waals surface area contributed by atoms with Gasteiger partial charge in [0.2, 0.25) is 6.08 Å². The van der Waals surface area contributed by atoms with Crippen LogP contribution in [-0.2, 0) is 9.59 Å². The monoisotopic (exact) mass is 199 g/mol. The molecule has 0 aromatic heterocycles. The molecule has 0 radical (unpaired) electrons. The van der Waals surface area contributed by atoms with Gasteiger partial charge in [0.15, 0.2) is 0 Å². The molecule has 1 N–H and O–H groups in total. The molecular formula is C10H17NO3. The van der Waals surface area contributed by atoms with Crippen LogP contribution in [0.4, 0.5) is 0 Å². The number of hydrogen-bond donors (Lipinski definition) is 1. The van der Waals surface area contributed by atoms with E-state index in [1.54, 1.807) is 6.08 Å². The average molecular weight is 199 g/mol. The quantitative estimate of drug-likeness (QED) is 0.370. The first-order valence-corrected chi connectivity index (χ1v) is 4.99. The Morgan fingerprint density at radius 3 is 2.64 bits per heavy atom. The molecule has 0 aromatic rings. The number of nitrogens with zero attached hydrogens (tertiary/aromatic N) is 1. The fraction of sp³-hybridized carbons (Fsp3) is 0.800. The lowest BCUT2D eigenvalue weighted by molar-refractivity contribution is -0.137. The Labute approximate surface area is 84.0 Å². The molecule has 4 heteroatoms. The Morgan fingerprint density at radius 2 is 2.14 bits per heavy atom. The number of unbranched alkanes of at least 4 members (excludes halogenated alkanes) is 1. The maximum Gasteiger partial charge on any atom is 0.303 e. The van der Waals surface area contributed by atoms with Crippen molar-refractivity contribution in [2.24, 2.45) is 4.99 Å². The Kier molecular flexibility index (Phi) is 7.75. The summed E-state index contributed by atoms with van der Waals surface area (Å²) >= 11 is 0.